The standard InChI is InChI=1S/C19H19ClFN3O/c1-4-5-8-24-13(3)12(2)16-10-22-23-19(18(16)24)25-11-14-6-7-15(20)9-17(14)21/h4-7,9-10H,8,11H2,1-3H3. The first-order valence-corrected chi connectivity index (χ1v) is 8.39. The number of aryl methyl sites for hydroxylation is 1. The first kappa shape index (κ1) is 17.4. The highest BCUT2D eigenvalue weighted by Gasteiger charge is 2.17. The lowest BCUT2D eigenvalue weighted by Gasteiger charge is -2.10. The first-order valence-electron chi connectivity index (χ1n) is 8.02. The molecule has 4 nitrogen and oxygen atoms in total. The topological polar surface area (TPSA) is 39.9 Å². The Kier molecular flexibility index (Phi) is 5.04. The van der Waals surface area contributed by atoms with Crippen molar-refractivity contribution in [2.24, 2.45) is 0 Å². The first-order chi connectivity index (χ1) is 12.0. The van der Waals surface area contributed by atoms with Crippen LogP contribution < -0.4 is 4.74 Å². The molecular weight excluding hydrogens is 341 g/mol. The Morgan fingerprint density at radius 3 is 2.84 bits per heavy atom. The molecule has 0 N–H and O–H groups in total. The molecule has 0 aliphatic rings. The second kappa shape index (κ2) is 7.23. The Bertz CT molecular complexity index is 949. The van der Waals surface area contributed by atoms with Crippen LogP contribution in [0.3, 0.4) is 0 Å². The summed E-state index contributed by atoms with van der Waals surface area (Å²) < 4.78 is 21.9. The van der Waals surface area contributed by atoms with Crippen molar-refractivity contribution in [1.29, 1.82) is 0 Å². The van der Waals surface area contributed by atoms with Crippen molar-refractivity contribution in [2.75, 3.05) is 0 Å². The predicted octanol–water partition coefficient (Wildman–Crippen LogP) is 5.00. The van der Waals surface area contributed by atoms with Gasteiger partial charge in [0, 0.05) is 28.2 Å². The molecule has 0 fully saturated rings. The van der Waals surface area contributed by atoms with Crippen LogP contribution in [0.25, 0.3) is 10.9 Å². The maximum absolute atomic E-state index is 14.0. The van der Waals surface area contributed by atoms with E-state index in [0.29, 0.717) is 23.0 Å². The van der Waals surface area contributed by atoms with Crippen molar-refractivity contribution < 1.29 is 9.13 Å². The average Bonchev–Trinajstić information content (AvgIpc) is 2.84. The lowest BCUT2D eigenvalue weighted by atomic mass is 10.2. The molecule has 1 aromatic carbocycles. The molecule has 2 heterocycles. The second-order valence-electron chi connectivity index (χ2n) is 5.83. The summed E-state index contributed by atoms with van der Waals surface area (Å²) in [4.78, 5) is 0. The van der Waals surface area contributed by atoms with Crippen LogP contribution in [-0.2, 0) is 13.2 Å². The Morgan fingerprint density at radius 2 is 2.12 bits per heavy atom. The Labute approximate surface area is 150 Å². The molecule has 3 rings (SSSR count). The van der Waals surface area contributed by atoms with Gasteiger partial charge in [-0.05, 0) is 38.5 Å². The quantitative estimate of drug-likeness (QED) is 0.602. The van der Waals surface area contributed by atoms with Crippen molar-refractivity contribution in [2.45, 2.75) is 33.9 Å². The summed E-state index contributed by atoms with van der Waals surface area (Å²) in [7, 11) is 0. The van der Waals surface area contributed by atoms with Gasteiger partial charge in [-0.25, -0.2) is 4.39 Å². The van der Waals surface area contributed by atoms with E-state index in [1.165, 1.54) is 6.07 Å². The van der Waals surface area contributed by atoms with Crippen molar-refractivity contribution in [1.82, 2.24) is 14.8 Å². The number of hydrogen-bond donors (Lipinski definition) is 0. The molecule has 6 heteroatoms. The average molecular weight is 360 g/mol. The number of halogens is 2. The van der Waals surface area contributed by atoms with Crippen LogP contribution in [-0.4, -0.2) is 14.8 Å². The molecule has 0 aliphatic heterocycles. The van der Waals surface area contributed by atoms with E-state index < -0.39 is 5.82 Å². The Hall–Kier alpha value is -2.40. The fourth-order valence-corrected chi connectivity index (χ4v) is 2.94. The molecule has 2 aromatic heterocycles. The maximum atomic E-state index is 14.0. The monoisotopic (exact) mass is 359 g/mol. The van der Waals surface area contributed by atoms with Gasteiger partial charge in [-0.2, -0.15) is 5.10 Å². The third-order valence-electron chi connectivity index (χ3n) is 4.32. The van der Waals surface area contributed by atoms with Crippen LogP contribution in [0.2, 0.25) is 5.02 Å². The van der Waals surface area contributed by atoms with Gasteiger partial charge in [0.1, 0.15) is 17.9 Å². The number of rotatable bonds is 5. The van der Waals surface area contributed by atoms with Crippen LogP contribution in [0.5, 0.6) is 5.88 Å². The summed E-state index contributed by atoms with van der Waals surface area (Å²) in [5, 5.41) is 9.51. The summed E-state index contributed by atoms with van der Waals surface area (Å²) in [6.07, 6.45) is 5.80. The lowest BCUT2D eigenvalue weighted by Crippen LogP contribution is -2.04. The SMILES string of the molecule is CC=CCn1c(C)c(C)c2cnnc(OCc3ccc(Cl)cc3F)c21. The zero-order valence-electron chi connectivity index (χ0n) is 14.4. The van der Waals surface area contributed by atoms with Gasteiger partial charge in [-0.15, -0.1) is 5.10 Å². The number of benzene rings is 1. The molecule has 0 unspecified atom stereocenters. The lowest BCUT2D eigenvalue weighted by molar-refractivity contribution is 0.287. The molecule has 0 atom stereocenters. The van der Waals surface area contributed by atoms with Crippen molar-refractivity contribution in [3.8, 4) is 5.88 Å². The molecular formula is C19H19ClFN3O. The minimum absolute atomic E-state index is 0.0592. The number of nitrogens with zero attached hydrogens (tertiary/aromatic N) is 3. The zero-order valence-corrected chi connectivity index (χ0v) is 15.1. The second-order valence-corrected chi connectivity index (χ2v) is 6.26. The number of allylic oxidation sites excluding steroid dienone is 2. The van der Waals surface area contributed by atoms with Crippen LogP contribution in [0.1, 0.15) is 23.7 Å². The van der Waals surface area contributed by atoms with E-state index in [1.807, 2.05) is 19.9 Å². The molecule has 130 valence electrons. The van der Waals surface area contributed by atoms with Gasteiger partial charge >= 0.3 is 0 Å². The van der Waals surface area contributed by atoms with Gasteiger partial charge in [0.15, 0.2) is 0 Å². The molecule has 0 amide bonds. The minimum Gasteiger partial charge on any atom is -0.470 e. The van der Waals surface area contributed by atoms with Crippen LogP contribution in [0.15, 0.2) is 36.5 Å². The van der Waals surface area contributed by atoms with Crippen LogP contribution in [0, 0.1) is 19.7 Å². The summed E-state index contributed by atoms with van der Waals surface area (Å²) in [5.41, 5.74) is 3.56. The van der Waals surface area contributed by atoms with Gasteiger partial charge in [-0.3, -0.25) is 0 Å². The van der Waals surface area contributed by atoms with Crippen molar-refractivity contribution in [3.05, 3.63) is 64.2 Å². The normalized spacial score (nSPS) is 11.6. The minimum atomic E-state index is -0.399. The smallest absolute Gasteiger partial charge is 0.258 e. The molecule has 0 saturated heterocycles. The largest absolute Gasteiger partial charge is 0.470 e. The third-order valence-corrected chi connectivity index (χ3v) is 4.55. The van der Waals surface area contributed by atoms with E-state index in [9.17, 15) is 4.39 Å². The van der Waals surface area contributed by atoms with E-state index in [0.717, 1.165) is 22.2 Å². The van der Waals surface area contributed by atoms with E-state index >= 15 is 0 Å². The Morgan fingerprint density at radius 1 is 1.32 bits per heavy atom. The van der Waals surface area contributed by atoms with E-state index in [-0.39, 0.29) is 6.61 Å². The molecule has 0 aliphatic carbocycles. The molecule has 25 heavy (non-hydrogen) atoms. The van der Waals surface area contributed by atoms with Crippen LogP contribution in [0.4, 0.5) is 4.39 Å². The highest BCUT2D eigenvalue weighted by Crippen LogP contribution is 2.30. The van der Waals surface area contributed by atoms with Crippen LogP contribution >= 0.6 is 11.6 Å². The van der Waals surface area contributed by atoms with Gasteiger partial charge < -0.3 is 9.30 Å². The van der Waals surface area contributed by atoms with Gasteiger partial charge in [-0.1, -0.05) is 29.8 Å². The van der Waals surface area contributed by atoms with Gasteiger partial charge in [0.05, 0.1) is 6.20 Å². The maximum Gasteiger partial charge on any atom is 0.258 e. The summed E-state index contributed by atoms with van der Waals surface area (Å²) in [5.74, 6) is -0.00292. The predicted molar refractivity (Wildman–Crippen MR) is 97.6 cm³/mol. The van der Waals surface area contributed by atoms with Gasteiger partial charge in [0.25, 0.3) is 5.88 Å². The van der Waals surface area contributed by atoms with Crippen molar-refractivity contribution in [3.63, 3.8) is 0 Å². The fourth-order valence-electron chi connectivity index (χ4n) is 2.78. The molecule has 0 radical (unpaired) electrons. The molecule has 3 aromatic rings. The summed E-state index contributed by atoms with van der Waals surface area (Å²) >= 11 is 5.79. The van der Waals surface area contributed by atoms with E-state index in [2.05, 4.69) is 27.8 Å². The highest BCUT2D eigenvalue weighted by atomic mass is 35.5. The molecule has 0 saturated carbocycles. The Balaban J connectivity index is 1.99. The fraction of sp³-hybridized carbons (Fsp3) is 0.263. The van der Waals surface area contributed by atoms with E-state index in [1.54, 1.807) is 18.3 Å². The number of fused-ring (bicyclic) bond motifs is 1. The number of hydrogen-bond acceptors (Lipinski definition) is 3. The number of aromatic nitrogens is 3. The van der Waals surface area contributed by atoms with Crippen molar-refractivity contribution >= 4 is 22.5 Å². The number of ether oxygens (including phenoxy) is 1. The third kappa shape index (κ3) is 3.37. The molecule has 0 bridgehead atoms. The highest BCUT2D eigenvalue weighted by molar-refractivity contribution is 6.30. The molecule has 0 spiro atoms. The summed E-state index contributed by atoms with van der Waals surface area (Å²) in [6.45, 7) is 6.86. The summed E-state index contributed by atoms with van der Waals surface area (Å²) in [6, 6.07) is 4.52. The van der Waals surface area contributed by atoms with E-state index in [4.69, 9.17) is 16.3 Å². The zero-order chi connectivity index (χ0) is 18.0. The van der Waals surface area contributed by atoms with Gasteiger partial charge in [0.2, 0.25) is 0 Å².